The van der Waals surface area contributed by atoms with E-state index in [0.717, 1.165) is 6.07 Å². The van der Waals surface area contributed by atoms with Crippen molar-refractivity contribution in [1.82, 2.24) is 4.98 Å². The normalized spacial score (nSPS) is 11.6. The summed E-state index contributed by atoms with van der Waals surface area (Å²) in [6.45, 7) is 0. The van der Waals surface area contributed by atoms with Gasteiger partial charge in [0.1, 0.15) is 21.9 Å². The molecular weight excluding hydrogens is 370 g/mol. The Bertz CT molecular complexity index is 1130. The van der Waals surface area contributed by atoms with Crippen LogP contribution in [0.5, 0.6) is 5.75 Å². The molecule has 8 nitrogen and oxygen atoms in total. The second-order valence-electron chi connectivity index (χ2n) is 5.35. The van der Waals surface area contributed by atoms with E-state index in [9.17, 15) is 18.3 Å². The van der Waals surface area contributed by atoms with Crippen LogP contribution in [0.2, 0.25) is 0 Å². The van der Waals surface area contributed by atoms with E-state index in [2.05, 4.69) is 15.2 Å². The summed E-state index contributed by atoms with van der Waals surface area (Å²) in [4.78, 5) is 14.9. The smallest absolute Gasteiger partial charge is 0.339 e. The number of azo groups is 1. The molecular formula is C18H13N3O5S. The van der Waals surface area contributed by atoms with Crippen molar-refractivity contribution >= 4 is 27.2 Å². The molecule has 0 bridgehead atoms. The minimum atomic E-state index is -3.90. The monoisotopic (exact) mass is 383 g/mol. The molecule has 0 unspecified atom stereocenters. The second-order valence-corrected chi connectivity index (χ2v) is 7.21. The van der Waals surface area contributed by atoms with Gasteiger partial charge in [-0.1, -0.05) is 18.2 Å². The van der Waals surface area contributed by atoms with Crippen molar-refractivity contribution in [3.8, 4) is 5.75 Å². The average Bonchev–Trinajstić information content (AvgIpc) is 2.68. The van der Waals surface area contributed by atoms with Crippen molar-refractivity contribution in [2.45, 2.75) is 9.92 Å². The first kappa shape index (κ1) is 18.2. The molecule has 27 heavy (non-hydrogen) atoms. The fourth-order valence-electron chi connectivity index (χ4n) is 2.25. The van der Waals surface area contributed by atoms with Gasteiger partial charge in [0.05, 0.1) is 5.69 Å². The van der Waals surface area contributed by atoms with Gasteiger partial charge in [0.2, 0.25) is 9.84 Å². The number of aromatic hydroxyl groups is 1. The topological polar surface area (TPSA) is 129 Å². The Hall–Kier alpha value is -3.59. The third-order valence-corrected chi connectivity index (χ3v) is 5.27. The molecule has 0 aliphatic carbocycles. The van der Waals surface area contributed by atoms with Crippen LogP contribution in [-0.2, 0) is 9.84 Å². The summed E-state index contributed by atoms with van der Waals surface area (Å²) in [5.41, 5.74) is -0.107. The fourth-order valence-corrected chi connectivity index (χ4v) is 3.58. The summed E-state index contributed by atoms with van der Waals surface area (Å²) >= 11 is 0. The van der Waals surface area contributed by atoms with Crippen molar-refractivity contribution in [3.63, 3.8) is 0 Å². The second kappa shape index (κ2) is 7.34. The van der Waals surface area contributed by atoms with Crippen LogP contribution >= 0.6 is 0 Å². The van der Waals surface area contributed by atoms with Gasteiger partial charge in [0.15, 0.2) is 5.03 Å². The Morgan fingerprint density at radius 3 is 2.41 bits per heavy atom. The van der Waals surface area contributed by atoms with Crippen LogP contribution in [0, 0.1) is 0 Å². The molecule has 0 aliphatic heterocycles. The van der Waals surface area contributed by atoms with Crippen molar-refractivity contribution < 1.29 is 23.4 Å². The SMILES string of the molecule is O=C(O)c1cc(N=Nc2ccccc2S(=O)(=O)c2ccccn2)ccc1O. The molecule has 0 amide bonds. The number of benzene rings is 2. The van der Waals surface area contributed by atoms with Crippen LogP contribution in [0.1, 0.15) is 10.4 Å². The van der Waals surface area contributed by atoms with E-state index in [-0.39, 0.29) is 26.9 Å². The lowest BCUT2D eigenvalue weighted by atomic mass is 10.2. The first-order chi connectivity index (χ1) is 12.9. The highest BCUT2D eigenvalue weighted by atomic mass is 32.2. The molecule has 9 heteroatoms. The van der Waals surface area contributed by atoms with Gasteiger partial charge in [-0.2, -0.15) is 5.11 Å². The molecule has 0 atom stereocenters. The number of carboxylic acids is 1. The van der Waals surface area contributed by atoms with Crippen molar-refractivity contribution in [2.24, 2.45) is 10.2 Å². The summed E-state index contributed by atoms with van der Waals surface area (Å²) in [5, 5.41) is 26.3. The van der Waals surface area contributed by atoms with Crippen molar-refractivity contribution in [2.75, 3.05) is 0 Å². The number of sulfone groups is 1. The maximum absolute atomic E-state index is 12.8. The molecule has 3 aromatic rings. The van der Waals surface area contributed by atoms with Crippen LogP contribution in [0.15, 0.2) is 87.0 Å². The van der Waals surface area contributed by atoms with E-state index in [1.54, 1.807) is 24.3 Å². The number of aromatic nitrogens is 1. The summed E-state index contributed by atoms with van der Waals surface area (Å²) in [6, 6.07) is 14.2. The number of nitrogens with zero attached hydrogens (tertiary/aromatic N) is 3. The van der Waals surface area contributed by atoms with E-state index < -0.39 is 21.6 Å². The Morgan fingerprint density at radius 2 is 1.70 bits per heavy atom. The van der Waals surface area contributed by atoms with E-state index in [4.69, 9.17) is 5.11 Å². The first-order valence-corrected chi connectivity index (χ1v) is 9.11. The predicted octanol–water partition coefficient (Wildman–Crippen LogP) is 3.73. The minimum Gasteiger partial charge on any atom is -0.507 e. The molecule has 136 valence electrons. The zero-order valence-corrected chi connectivity index (χ0v) is 14.5. The van der Waals surface area contributed by atoms with E-state index >= 15 is 0 Å². The molecule has 0 saturated heterocycles. The third kappa shape index (κ3) is 3.82. The summed E-state index contributed by atoms with van der Waals surface area (Å²) in [7, 11) is -3.90. The van der Waals surface area contributed by atoms with Crippen LogP contribution in [0.25, 0.3) is 0 Å². The van der Waals surface area contributed by atoms with Crippen LogP contribution in [0.3, 0.4) is 0 Å². The molecule has 0 spiro atoms. The molecule has 3 rings (SSSR count). The van der Waals surface area contributed by atoms with Crippen LogP contribution in [0.4, 0.5) is 11.4 Å². The van der Waals surface area contributed by atoms with Gasteiger partial charge in [0.25, 0.3) is 0 Å². The number of phenols is 1. The molecule has 0 aliphatic rings. The molecule has 0 fully saturated rings. The van der Waals surface area contributed by atoms with Crippen molar-refractivity contribution in [1.29, 1.82) is 0 Å². The molecule has 0 saturated carbocycles. The van der Waals surface area contributed by atoms with Gasteiger partial charge >= 0.3 is 5.97 Å². The van der Waals surface area contributed by atoms with Gasteiger partial charge in [-0.25, -0.2) is 18.2 Å². The van der Waals surface area contributed by atoms with Crippen LogP contribution < -0.4 is 0 Å². The quantitative estimate of drug-likeness (QED) is 0.646. The summed E-state index contributed by atoms with van der Waals surface area (Å²) < 4.78 is 25.6. The average molecular weight is 383 g/mol. The summed E-state index contributed by atoms with van der Waals surface area (Å²) in [6.07, 6.45) is 1.38. The zero-order valence-electron chi connectivity index (χ0n) is 13.7. The molecule has 2 aromatic carbocycles. The number of hydrogen-bond acceptors (Lipinski definition) is 7. The maximum atomic E-state index is 12.8. The fraction of sp³-hybridized carbons (Fsp3) is 0. The number of pyridine rings is 1. The lowest BCUT2D eigenvalue weighted by Gasteiger charge is -2.06. The standard InChI is InChI=1S/C18H13N3O5S/c22-15-9-8-12(11-13(15)18(23)24)20-21-14-5-1-2-6-16(14)27(25,26)17-7-3-4-10-19-17/h1-11,22H,(H,23,24). The lowest BCUT2D eigenvalue weighted by molar-refractivity contribution is 0.0693. The number of carbonyl (C=O) groups is 1. The third-order valence-electron chi connectivity index (χ3n) is 3.55. The Labute approximate surface area is 154 Å². The highest BCUT2D eigenvalue weighted by Crippen LogP contribution is 2.31. The number of carboxylic acid groups (broad SMARTS) is 1. The van der Waals surface area contributed by atoms with Gasteiger partial charge < -0.3 is 10.2 Å². The molecule has 2 N–H and O–H groups in total. The van der Waals surface area contributed by atoms with Gasteiger partial charge in [0, 0.05) is 6.20 Å². The van der Waals surface area contributed by atoms with Gasteiger partial charge in [-0.3, -0.25) is 0 Å². The van der Waals surface area contributed by atoms with E-state index in [1.807, 2.05) is 0 Å². The van der Waals surface area contributed by atoms with E-state index in [0.29, 0.717) is 0 Å². The molecule has 1 aromatic heterocycles. The number of hydrogen-bond donors (Lipinski definition) is 2. The maximum Gasteiger partial charge on any atom is 0.339 e. The van der Waals surface area contributed by atoms with Crippen molar-refractivity contribution in [3.05, 3.63) is 72.4 Å². The number of aromatic carboxylic acids is 1. The first-order valence-electron chi connectivity index (χ1n) is 7.63. The predicted molar refractivity (Wildman–Crippen MR) is 95.4 cm³/mol. The van der Waals surface area contributed by atoms with Crippen LogP contribution in [-0.4, -0.2) is 29.6 Å². The Balaban J connectivity index is 2.02. The minimum absolute atomic E-state index is 0.0769. The molecule has 1 heterocycles. The van der Waals surface area contributed by atoms with Gasteiger partial charge in [-0.05, 0) is 42.5 Å². The summed E-state index contributed by atoms with van der Waals surface area (Å²) in [5.74, 6) is -1.72. The molecule has 0 radical (unpaired) electrons. The Morgan fingerprint density at radius 1 is 0.963 bits per heavy atom. The lowest BCUT2D eigenvalue weighted by Crippen LogP contribution is -2.04. The Kier molecular flexibility index (Phi) is 4.95. The zero-order chi connectivity index (χ0) is 19.4. The largest absolute Gasteiger partial charge is 0.507 e. The number of rotatable bonds is 5. The van der Waals surface area contributed by atoms with Gasteiger partial charge in [-0.15, -0.1) is 5.11 Å². The highest BCUT2D eigenvalue weighted by molar-refractivity contribution is 7.91. The highest BCUT2D eigenvalue weighted by Gasteiger charge is 2.22. The van der Waals surface area contributed by atoms with E-state index in [1.165, 1.54) is 36.5 Å².